The van der Waals surface area contributed by atoms with Gasteiger partial charge >= 0.3 is 5.63 Å². The van der Waals surface area contributed by atoms with E-state index in [2.05, 4.69) is 45.0 Å². The Bertz CT molecular complexity index is 1430. The van der Waals surface area contributed by atoms with Crippen molar-refractivity contribution in [3.63, 3.8) is 0 Å². The van der Waals surface area contributed by atoms with Crippen LogP contribution in [-0.4, -0.2) is 19.2 Å². The van der Waals surface area contributed by atoms with Crippen LogP contribution in [0.1, 0.15) is 67.2 Å². The van der Waals surface area contributed by atoms with E-state index in [-0.39, 0.29) is 40.7 Å². The zero-order valence-electron chi connectivity index (χ0n) is 21.9. The lowest BCUT2D eigenvalue weighted by molar-refractivity contribution is 0.0955. The third-order valence-corrected chi connectivity index (χ3v) is 12.4. The molecule has 0 bridgehead atoms. The summed E-state index contributed by atoms with van der Waals surface area (Å²) in [5.74, 6) is 0.301. The van der Waals surface area contributed by atoms with Crippen LogP contribution >= 0.6 is 0 Å². The Morgan fingerprint density at radius 3 is 2.18 bits per heavy atom. The molecule has 1 atom stereocenters. The van der Waals surface area contributed by atoms with Crippen LogP contribution < -0.4 is 16.0 Å². The van der Waals surface area contributed by atoms with Crippen LogP contribution in [0.4, 0.5) is 0 Å². The molecule has 0 aliphatic heterocycles. The van der Waals surface area contributed by atoms with Crippen molar-refractivity contribution in [1.82, 2.24) is 0 Å². The highest BCUT2D eigenvalue weighted by atomic mass is 28.4. The standard InChI is InChI=1S/C31H32O6Si/c1-31(2,3)38(21-11-6-4-7-12-21,22-13-8-5-9-14-22)37-27-19-17-23-28(33)24(30(34)36-29(23)27)16-18-25(32)26-15-10-20-35-26/h4-15,20,27,33H,16-19H2,1-3H3. The molecule has 0 amide bonds. The first-order chi connectivity index (χ1) is 18.2. The smallest absolute Gasteiger partial charge is 0.342 e. The second kappa shape index (κ2) is 10.2. The average molecular weight is 529 g/mol. The van der Waals surface area contributed by atoms with Gasteiger partial charge in [-0.15, -0.1) is 0 Å². The second-order valence-corrected chi connectivity index (χ2v) is 15.0. The van der Waals surface area contributed by atoms with Gasteiger partial charge in [-0.05, 0) is 46.8 Å². The van der Waals surface area contributed by atoms with E-state index in [9.17, 15) is 14.7 Å². The summed E-state index contributed by atoms with van der Waals surface area (Å²) in [7, 11) is -2.89. The Hall–Kier alpha value is -3.68. The lowest BCUT2D eigenvalue weighted by atomic mass is 10.0. The molecule has 2 aromatic heterocycles. The molecule has 0 fully saturated rings. The highest BCUT2D eigenvalue weighted by Crippen LogP contribution is 2.45. The van der Waals surface area contributed by atoms with Gasteiger partial charge in [-0.2, -0.15) is 0 Å². The van der Waals surface area contributed by atoms with Crippen molar-refractivity contribution < 1.29 is 23.2 Å². The summed E-state index contributed by atoms with van der Waals surface area (Å²) in [6.45, 7) is 6.59. The fraction of sp³-hybridized carbons (Fsp3) is 0.290. The highest BCUT2D eigenvalue weighted by Gasteiger charge is 2.52. The molecule has 0 saturated carbocycles. The molecule has 1 aliphatic carbocycles. The van der Waals surface area contributed by atoms with Gasteiger partial charge in [-0.1, -0.05) is 81.4 Å². The SMILES string of the molecule is CC(C)(C)[Si](OC1CCc2c1oc(=O)c(CCC(=O)c1ccco1)c2O)(c1ccccc1)c1ccccc1. The van der Waals surface area contributed by atoms with Crippen molar-refractivity contribution in [2.75, 3.05) is 0 Å². The van der Waals surface area contributed by atoms with Crippen LogP contribution in [0, 0.1) is 0 Å². The maximum Gasteiger partial charge on any atom is 0.342 e. The summed E-state index contributed by atoms with van der Waals surface area (Å²) < 4.78 is 18.2. The number of Topliss-reactive ketones (excluding diaryl/α,β-unsaturated/α-hetero) is 1. The molecule has 1 N–H and O–H groups in total. The number of rotatable bonds is 8. The molecule has 6 nitrogen and oxygen atoms in total. The van der Waals surface area contributed by atoms with Gasteiger partial charge in [0.1, 0.15) is 17.6 Å². The summed E-state index contributed by atoms with van der Waals surface area (Å²) in [4.78, 5) is 25.4. The Morgan fingerprint density at radius 2 is 1.63 bits per heavy atom. The van der Waals surface area contributed by atoms with E-state index in [4.69, 9.17) is 13.3 Å². The van der Waals surface area contributed by atoms with Crippen LogP contribution in [0.2, 0.25) is 5.04 Å². The third kappa shape index (κ3) is 4.57. The maximum absolute atomic E-state index is 13.0. The summed E-state index contributed by atoms with van der Waals surface area (Å²) in [6.07, 6.45) is 2.17. The largest absolute Gasteiger partial charge is 0.507 e. The molecule has 0 spiro atoms. The number of hydrogen-bond donors (Lipinski definition) is 1. The minimum Gasteiger partial charge on any atom is -0.507 e. The van der Waals surface area contributed by atoms with Gasteiger partial charge in [0.15, 0.2) is 11.5 Å². The quantitative estimate of drug-likeness (QED) is 0.246. The lowest BCUT2D eigenvalue weighted by Crippen LogP contribution is -2.66. The Kier molecular flexibility index (Phi) is 6.99. The van der Waals surface area contributed by atoms with Crippen molar-refractivity contribution in [2.24, 2.45) is 0 Å². The number of benzene rings is 2. The van der Waals surface area contributed by atoms with Crippen LogP contribution in [0.25, 0.3) is 0 Å². The normalized spacial score (nSPS) is 15.4. The fourth-order valence-electron chi connectivity index (χ4n) is 5.56. The maximum atomic E-state index is 13.0. The lowest BCUT2D eigenvalue weighted by Gasteiger charge is -2.44. The molecule has 0 saturated heterocycles. The second-order valence-electron chi connectivity index (χ2n) is 10.8. The van der Waals surface area contributed by atoms with Gasteiger partial charge < -0.3 is 18.4 Å². The van der Waals surface area contributed by atoms with Crippen LogP contribution in [-0.2, 0) is 17.3 Å². The predicted molar refractivity (Wildman–Crippen MR) is 148 cm³/mol. The molecule has 1 aliphatic rings. The minimum absolute atomic E-state index is 0.0343. The Balaban J connectivity index is 1.52. The Morgan fingerprint density at radius 1 is 1.00 bits per heavy atom. The minimum atomic E-state index is -2.89. The molecule has 7 heteroatoms. The summed E-state index contributed by atoms with van der Waals surface area (Å²) in [5, 5.41) is 13.1. The number of hydrogen-bond acceptors (Lipinski definition) is 6. The van der Waals surface area contributed by atoms with Gasteiger partial charge in [0.05, 0.1) is 11.8 Å². The molecule has 2 heterocycles. The monoisotopic (exact) mass is 528 g/mol. The molecule has 1 unspecified atom stereocenters. The molecule has 0 radical (unpaired) electrons. The van der Waals surface area contributed by atoms with E-state index in [1.54, 1.807) is 12.1 Å². The van der Waals surface area contributed by atoms with E-state index in [1.807, 2.05) is 36.4 Å². The number of ketones is 1. The third-order valence-electron chi connectivity index (χ3n) is 7.40. The number of carbonyl (C=O) groups excluding carboxylic acids is 1. The molecular weight excluding hydrogens is 496 g/mol. The van der Waals surface area contributed by atoms with E-state index >= 15 is 0 Å². The van der Waals surface area contributed by atoms with Crippen molar-refractivity contribution in [2.45, 2.75) is 57.6 Å². The first-order valence-corrected chi connectivity index (χ1v) is 14.9. The topological polar surface area (TPSA) is 89.9 Å². The fourth-order valence-corrected chi connectivity index (χ4v) is 10.2. The number of furan rings is 1. The van der Waals surface area contributed by atoms with Gasteiger partial charge in [0.2, 0.25) is 0 Å². The van der Waals surface area contributed by atoms with Crippen LogP contribution in [0.5, 0.6) is 5.75 Å². The zero-order chi connectivity index (χ0) is 26.9. The first kappa shape index (κ1) is 25.9. The molecule has 2 aromatic carbocycles. The van der Waals surface area contributed by atoms with Gasteiger partial charge in [0, 0.05) is 12.0 Å². The van der Waals surface area contributed by atoms with Gasteiger partial charge in [-0.3, -0.25) is 4.79 Å². The average Bonchev–Trinajstić information content (AvgIpc) is 3.58. The molecule has 4 aromatic rings. The first-order valence-electron chi connectivity index (χ1n) is 13.0. The Labute approximate surface area is 223 Å². The molecular formula is C31H32O6Si. The van der Waals surface area contributed by atoms with Gasteiger partial charge in [-0.25, -0.2) is 4.79 Å². The number of aromatic hydroxyl groups is 1. The van der Waals surface area contributed by atoms with Crippen molar-refractivity contribution in [3.05, 3.63) is 112 Å². The van der Waals surface area contributed by atoms with Crippen molar-refractivity contribution in [3.8, 4) is 5.75 Å². The molecule has 5 rings (SSSR count). The van der Waals surface area contributed by atoms with E-state index in [1.165, 1.54) is 6.26 Å². The highest BCUT2D eigenvalue weighted by molar-refractivity contribution is 6.99. The molecule has 38 heavy (non-hydrogen) atoms. The van der Waals surface area contributed by atoms with E-state index in [0.717, 1.165) is 10.4 Å². The van der Waals surface area contributed by atoms with Crippen LogP contribution in [0.15, 0.2) is 92.7 Å². The summed E-state index contributed by atoms with van der Waals surface area (Å²) in [6, 6.07) is 23.8. The predicted octanol–water partition coefficient (Wildman–Crippen LogP) is 5.32. The van der Waals surface area contributed by atoms with Gasteiger partial charge in [0.25, 0.3) is 8.32 Å². The van der Waals surface area contributed by atoms with Crippen molar-refractivity contribution in [1.29, 1.82) is 0 Å². The summed E-state index contributed by atoms with van der Waals surface area (Å²) >= 11 is 0. The summed E-state index contributed by atoms with van der Waals surface area (Å²) in [5.41, 5.74) is 0.0779. The van der Waals surface area contributed by atoms with Crippen LogP contribution in [0.3, 0.4) is 0 Å². The van der Waals surface area contributed by atoms with Crippen molar-refractivity contribution >= 4 is 24.5 Å². The number of fused-ring (bicyclic) bond motifs is 1. The number of carbonyl (C=O) groups is 1. The van der Waals surface area contributed by atoms with E-state index < -0.39 is 20.0 Å². The zero-order valence-corrected chi connectivity index (χ0v) is 22.9. The molecule has 196 valence electrons. The van der Waals surface area contributed by atoms with E-state index in [0.29, 0.717) is 24.2 Å².